The van der Waals surface area contributed by atoms with Gasteiger partial charge in [-0.15, -0.1) is 5.10 Å². The van der Waals surface area contributed by atoms with Crippen LogP contribution in [0.5, 0.6) is 0 Å². The van der Waals surface area contributed by atoms with E-state index in [0.717, 1.165) is 74.3 Å². The van der Waals surface area contributed by atoms with Gasteiger partial charge in [-0.3, -0.25) is 19.6 Å². The number of piperidine rings is 1. The first-order valence-electron chi connectivity index (χ1n) is 16.5. The third-order valence-corrected chi connectivity index (χ3v) is 8.02. The van der Waals surface area contributed by atoms with Gasteiger partial charge in [-0.25, -0.2) is 4.98 Å². The summed E-state index contributed by atoms with van der Waals surface area (Å²) in [4.78, 5) is 36.5. The van der Waals surface area contributed by atoms with Crippen LogP contribution in [0.25, 0.3) is 10.9 Å². The van der Waals surface area contributed by atoms with Crippen LogP contribution >= 0.6 is 0 Å². The maximum atomic E-state index is 12.9. The zero-order valence-corrected chi connectivity index (χ0v) is 27.7. The van der Waals surface area contributed by atoms with Crippen LogP contribution < -0.4 is 26.6 Å². The Morgan fingerprint density at radius 3 is 2.61 bits per heavy atom. The summed E-state index contributed by atoms with van der Waals surface area (Å²) in [6.45, 7) is 9.68. The number of aryl methyl sites for hydroxylation is 1. The van der Waals surface area contributed by atoms with Crippen LogP contribution in [0.15, 0.2) is 30.5 Å². The smallest absolute Gasteiger partial charge is 0.322 e. The molecule has 1 aliphatic heterocycles. The van der Waals surface area contributed by atoms with Crippen LogP contribution in [0, 0.1) is 5.92 Å². The first-order valence-corrected chi connectivity index (χ1v) is 16.5. The molecule has 0 radical (unpaired) electrons. The highest BCUT2D eigenvalue weighted by Crippen LogP contribution is 2.25. The largest absolute Gasteiger partial charge is 0.468 e. The quantitative estimate of drug-likeness (QED) is 0.0961. The van der Waals surface area contributed by atoms with E-state index in [-0.39, 0.29) is 24.5 Å². The molecule has 1 aromatic carbocycles. The van der Waals surface area contributed by atoms with Gasteiger partial charge in [0.15, 0.2) is 0 Å². The van der Waals surface area contributed by atoms with Crippen LogP contribution in [0.3, 0.4) is 0 Å². The molecule has 14 nitrogen and oxygen atoms in total. The van der Waals surface area contributed by atoms with Gasteiger partial charge < -0.3 is 30.9 Å². The molecule has 4 rings (SSSR count). The Morgan fingerprint density at radius 2 is 1.85 bits per heavy atom. The molecule has 3 heterocycles. The molecule has 5 N–H and O–H groups in total. The van der Waals surface area contributed by atoms with E-state index >= 15 is 0 Å². The van der Waals surface area contributed by atoms with Crippen molar-refractivity contribution in [1.29, 1.82) is 0 Å². The summed E-state index contributed by atoms with van der Waals surface area (Å²) in [7, 11) is 3.34. The molecule has 0 spiro atoms. The van der Waals surface area contributed by atoms with Crippen molar-refractivity contribution in [3.63, 3.8) is 0 Å². The number of hydrogen-bond acceptors (Lipinski definition) is 12. The molecule has 1 amide bonds. The molecule has 3 aromatic rings. The van der Waals surface area contributed by atoms with Gasteiger partial charge in [0.2, 0.25) is 11.9 Å². The van der Waals surface area contributed by atoms with E-state index in [1.807, 2.05) is 60.9 Å². The average Bonchev–Trinajstić information content (AvgIpc) is 3.52. The number of methoxy groups -OCH3 is 1. The summed E-state index contributed by atoms with van der Waals surface area (Å²) < 4.78 is 6.78. The molecule has 46 heavy (non-hydrogen) atoms. The van der Waals surface area contributed by atoms with Crippen molar-refractivity contribution < 1.29 is 14.3 Å². The van der Waals surface area contributed by atoms with E-state index in [4.69, 9.17) is 14.7 Å². The zero-order valence-electron chi connectivity index (χ0n) is 27.7. The minimum absolute atomic E-state index is 0.0103. The number of aromatic nitrogens is 5. The number of rotatable bonds is 19. The van der Waals surface area contributed by atoms with Crippen molar-refractivity contribution in [2.24, 2.45) is 5.92 Å². The summed E-state index contributed by atoms with van der Waals surface area (Å²) in [6, 6.07) is 7.61. The lowest BCUT2D eigenvalue weighted by Crippen LogP contribution is -2.48. The Morgan fingerprint density at radius 1 is 1.07 bits per heavy atom. The van der Waals surface area contributed by atoms with Gasteiger partial charge in [0.1, 0.15) is 17.6 Å². The van der Waals surface area contributed by atoms with Crippen LogP contribution in [0.1, 0.15) is 51.6 Å². The third kappa shape index (κ3) is 10.9. The highest BCUT2D eigenvalue weighted by molar-refractivity contribution is 5.90. The van der Waals surface area contributed by atoms with Crippen molar-refractivity contribution in [2.45, 2.75) is 71.1 Å². The van der Waals surface area contributed by atoms with Crippen LogP contribution in [-0.4, -0.2) is 107 Å². The average molecular weight is 638 g/mol. The molecule has 1 unspecified atom stereocenters. The van der Waals surface area contributed by atoms with Crippen LogP contribution in [0.2, 0.25) is 0 Å². The van der Waals surface area contributed by atoms with Gasteiger partial charge in [-0.1, -0.05) is 31.2 Å². The number of anilines is 2. The van der Waals surface area contributed by atoms with Crippen LogP contribution in [-0.2, 0) is 27.4 Å². The van der Waals surface area contributed by atoms with E-state index in [1.54, 1.807) is 0 Å². The number of amides is 1. The minimum atomic E-state index is -0.486. The second-order valence-electron chi connectivity index (χ2n) is 12.2. The van der Waals surface area contributed by atoms with Crippen molar-refractivity contribution in [2.75, 3.05) is 64.1 Å². The number of nitrogens with one attached hydrogen (secondary N) is 5. The molecule has 1 saturated heterocycles. The first-order chi connectivity index (χ1) is 22.4. The number of nitrogens with zero attached hydrogens (tertiary/aromatic N) is 6. The number of benzene rings is 1. The third-order valence-electron chi connectivity index (χ3n) is 8.02. The Balaban J connectivity index is 1.27. The van der Waals surface area contributed by atoms with Crippen LogP contribution in [0.4, 0.5) is 11.8 Å². The lowest BCUT2D eigenvalue weighted by molar-refractivity contribution is -0.143. The van der Waals surface area contributed by atoms with E-state index in [0.29, 0.717) is 37.9 Å². The van der Waals surface area contributed by atoms with Gasteiger partial charge in [0.25, 0.3) is 0 Å². The lowest BCUT2D eigenvalue weighted by atomic mass is 10.0. The topological polar surface area (TPSA) is 163 Å². The Kier molecular flexibility index (Phi) is 13.9. The summed E-state index contributed by atoms with van der Waals surface area (Å²) in [5.41, 5.74) is 1.66. The zero-order chi connectivity index (χ0) is 32.7. The maximum Gasteiger partial charge on any atom is 0.322 e. The molecular weight excluding hydrogens is 586 g/mol. The number of carbonyl (C=O) groups is 2. The van der Waals surface area contributed by atoms with E-state index in [2.05, 4.69) is 36.9 Å². The van der Waals surface area contributed by atoms with Crippen molar-refractivity contribution in [3.8, 4) is 0 Å². The predicted octanol–water partition coefficient (Wildman–Crippen LogP) is 2.00. The van der Waals surface area contributed by atoms with Gasteiger partial charge >= 0.3 is 5.97 Å². The predicted molar refractivity (Wildman–Crippen MR) is 179 cm³/mol. The molecule has 14 heteroatoms. The first kappa shape index (κ1) is 35.0. The number of esters is 1. The number of likely N-dealkylation sites (tertiary alicyclic amines) is 1. The molecular formula is C32H51N11O3. The molecule has 0 saturated carbocycles. The highest BCUT2D eigenvalue weighted by atomic mass is 16.5. The number of fused-ring (bicyclic) bond motifs is 1. The number of ether oxygens (including phenoxy) is 1. The highest BCUT2D eigenvalue weighted by Gasteiger charge is 2.26. The summed E-state index contributed by atoms with van der Waals surface area (Å²) in [6.07, 6.45) is 6.24. The summed E-state index contributed by atoms with van der Waals surface area (Å²) in [5.74, 6) is 1.24. The number of carbonyl (C=O) groups excluding carboxylic acids is 2. The fourth-order valence-electron chi connectivity index (χ4n) is 5.51. The Hall–Kier alpha value is -3.88. The van der Waals surface area contributed by atoms with Gasteiger partial charge in [0, 0.05) is 31.1 Å². The molecule has 1 atom stereocenters. The fourth-order valence-corrected chi connectivity index (χ4v) is 5.51. The fraction of sp³-hybridized carbons (Fsp3) is 0.625. The molecule has 252 valence electrons. The molecule has 0 aliphatic carbocycles. The standard InChI is InChI=1S/C32H51N11O3/c1-23(2)19-28(31(45)46-4)35-21-29(44)42-17-11-24(12-18-42)37-30-26-9-5-6-10-27(26)38-32(39-30)36-20-25-22-43(41-40-25)16-8-15-34-14-7-13-33-3/h5-6,9-10,22-24,28,33-35H,7-8,11-21H2,1-4H3,(H2,36,37,38,39). The lowest BCUT2D eigenvalue weighted by Gasteiger charge is -2.33. The van der Waals surface area contributed by atoms with Gasteiger partial charge in [0.05, 0.1) is 31.9 Å². The number of hydrogen-bond donors (Lipinski definition) is 5. The second kappa shape index (κ2) is 18.3. The Labute approximate surface area is 271 Å². The molecule has 2 aromatic heterocycles. The van der Waals surface area contributed by atoms with E-state index < -0.39 is 6.04 Å². The van der Waals surface area contributed by atoms with Crippen molar-refractivity contribution in [1.82, 2.24) is 45.8 Å². The second-order valence-corrected chi connectivity index (χ2v) is 12.2. The van der Waals surface area contributed by atoms with Gasteiger partial charge in [-0.05, 0) is 76.8 Å². The normalized spacial score (nSPS) is 14.5. The summed E-state index contributed by atoms with van der Waals surface area (Å²) in [5, 5.41) is 26.2. The Bertz CT molecular complexity index is 1370. The van der Waals surface area contributed by atoms with Crippen molar-refractivity contribution in [3.05, 3.63) is 36.2 Å². The molecule has 1 fully saturated rings. The monoisotopic (exact) mass is 637 g/mol. The SMILES string of the molecule is CNCCCNCCCn1cc(CNc2nc(NC3CCN(C(=O)CNC(CC(C)C)C(=O)OC)CC3)c3ccccc3n2)nn1. The van der Waals surface area contributed by atoms with E-state index in [1.165, 1.54) is 7.11 Å². The molecule has 1 aliphatic rings. The maximum absolute atomic E-state index is 12.9. The van der Waals surface area contributed by atoms with Gasteiger partial charge in [-0.2, -0.15) is 4.98 Å². The minimum Gasteiger partial charge on any atom is -0.468 e. The van der Waals surface area contributed by atoms with Crippen molar-refractivity contribution >= 4 is 34.5 Å². The van der Waals surface area contributed by atoms with E-state index in [9.17, 15) is 9.59 Å². The summed E-state index contributed by atoms with van der Waals surface area (Å²) >= 11 is 0. The number of para-hydroxylation sites is 1. The molecule has 0 bridgehead atoms.